The fourth-order valence-corrected chi connectivity index (χ4v) is 6.72. The largest absolute Gasteiger partial charge is 0.0622 e. The van der Waals surface area contributed by atoms with Crippen molar-refractivity contribution in [1.29, 1.82) is 0 Å². The molecule has 0 saturated carbocycles. The van der Waals surface area contributed by atoms with Crippen molar-refractivity contribution in [2.75, 3.05) is 0 Å². The highest BCUT2D eigenvalue weighted by molar-refractivity contribution is 5.09. The van der Waals surface area contributed by atoms with Gasteiger partial charge in [0.25, 0.3) is 0 Å². The molecule has 0 amide bonds. The van der Waals surface area contributed by atoms with Gasteiger partial charge in [0.1, 0.15) is 0 Å². The highest BCUT2D eigenvalue weighted by Gasteiger charge is 2.62. The Hall–Kier alpha value is 0. The van der Waals surface area contributed by atoms with Crippen LogP contribution in [0.5, 0.6) is 0 Å². The van der Waals surface area contributed by atoms with Crippen LogP contribution in [0.15, 0.2) is 0 Å². The maximum Gasteiger partial charge on any atom is -0.0139 e. The molecular formula is C21H44. The van der Waals surface area contributed by atoms with E-state index in [9.17, 15) is 0 Å². The van der Waals surface area contributed by atoms with Crippen molar-refractivity contribution in [2.24, 2.45) is 38.9 Å². The Labute approximate surface area is 136 Å². The molecule has 0 aromatic heterocycles. The molecule has 0 atom stereocenters. The monoisotopic (exact) mass is 296 g/mol. The van der Waals surface area contributed by atoms with E-state index in [2.05, 4.69) is 96.9 Å². The van der Waals surface area contributed by atoms with Gasteiger partial charge in [0.05, 0.1) is 0 Å². The maximum absolute atomic E-state index is 2.46. The van der Waals surface area contributed by atoms with E-state index in [0.717, 1.165) is 0 Å². The van der Waals surface area contributed by atoms with Gasteiger partial charge in [-0.25, -0.2) is 0 Å². The Morgan fingerprint density at radius 3 is 0.762 bits per heavy atom. The van der Waals surface area contributed by atoms with Gasteiger partial charge in [-0.05, 0) is 38.9 Å². The van der Waals surface area contributed by atoms with E-state index in [0.29, 0.717) is 11.8 Å². The predicted molar refractivity (Wildman–Crippen MR) is 98.6 cm³/mol. The molecule has 0 saturated heterocycles. The van der Waals surface area contributed by atoms with Crippen LogP contribution in [-0.4, -0.2) is 0 Å². The Morgan fingerprint density at radius 2 is 0.714 bits per heavy atom. The Kier molecular flexibility index (Phi) is 5.57. The summed E-state index contributed by atoms with van der Waals surface area (Å²) in [6, 6.07) is 0. The number of hydrogen-bond donors (Lipinski definition) is 0. The van der Waals surface area contributed by atoms with Gasteiger partial charge in [-0.1, -0.05) is 96.9 Å². The van der Waals surface area contributed by atoms with E-state index in [1.807, 2.05) is 0 Å². The minimum absolute atomic E-state index is 0.255. The zero-order valence-electron chi connectivity index (χ0n) is 17.7. The van der Waals surface area contributed by atoms with E-state index in [1.54, 1.807) is 0 Å². The molecule has 0 rings (SSSR count). The Morgan fingerprint density at radius 1 is 0.476 bits per heavy atom. The summed E-state index contributed by atoms with van der Waals surface area (Å²) in [7, 11) is 0. The molecule has 0 aliphatic carbocycles. The van der Waals surface area contributed by atoms with Gasteiger partial charge in [0.15, 0.2) is 0 Å². The van der Waals surface area contributed by atoms with Crippen LogP contribution in [-0.2, 0) is 0 Å². The van der Waals surface area contributed by atoms with E-state index < -0.39 is 0 Å². The molecule has 128 valence electrons. The average molecular weight is 297 g/mol. The van der Waals surface area contributed by atoms with Crippen molar-refractivity contribution < 1.29 is 0 Å². The lowest BCUT2D eigenvalue weighted by Gasteiger charge is -2.67. The average Bonchev–Trinajstić information content (AvgIpc) is 2.03. The molecule has 0 N–H and O–H groups in total. The molecular weight excluding hydrogens is 252 g/mol. The van der Waals surface area contributed by atoms with Crippen LogP contribution >= 0.6 is 0 Å². The molecule has 0 heteroatoms. The summed E-state index contributed by atoms with van der Waals surface area (Å²) in [6.45, 7) is 34.3. The van der Waals surface area contributed by atoms with E-state index in [1.165, 1.54) is 0 Å². The zero-order chi connectivity index (χ0) is 17.7. The normalized spacial score (nSPS) is 16.0. The van der Waals surface area contributed by atoms with E-state index in [4.69, 9.17) is 0 Å². The molecule has 0 heterocycles. The van der Waals surface area contributed by atoms with Crippen molar-refractivity contribution >= 4 is 0 Å². The molecule has 0 nitrogen and oxygen atoms in total. The first-order chi connectivity index (χ1) is 8.81. The highest BCUT2D eigenvalue weighted by Crippen LogP contribution is 2.67. The van der Waals surface area contributed by atoms with Crippen LogP contribution in [0, 0.1) is 38.9 Å². The third-order valence-electron chi connectivity index (χ3n) is 5.58. The lowest BCUT2D eigenvalue weighted by atomic mass is 9.38. The van der Waals surface area contributed by atoms with Crippen molar-refractivity contribution in [2.45, 2.75) is 96.9 Å². The van der Waals surface area contributed by atoms with Crippen LogP contribution in [0.3, 0.4) is 0 Å². The summed E-state index contributed by atoms with van der Waals surface area (Å²) in [5, 5.41) is 0. The van der Waals surface area contributed by atoms with Crippen LogP contribution in [0.4, 0.5) is 0 Å². The van der Waals surface area contributed by atoms with Gasteiger partial charge in [-0.3, -0.25) is 0 Å². The smallest absolute Gasteiger partial charge is 0.0139 e. The first-order valence-electron chi connectivity index (χ1n) is 8.81. The highest BCUT2D eigenvalue weighted by atomic mass is 14.7. The molecule has 0 fully saturated rings. The molecule has 0 aliphatic heterocycles. The van der Waals surface area contributed by atoms with Gasteiger partial charge >= 0.3 is 0 Å². The first-order valence-corrected chi connectivity index (χ1v) is 8.81. The topological polar surface area (TPSA) is 0 Å². The maximum atomic E-state index is 2.46. The first kappa shape index (κ1) is 21.0. The molecule has 0 radical (unpaired) electrons. The van der Waals surface area contributed by atoms with Gasteiger partial charge in [0, 0.05) is 0 Å². The van der Waals surface area contributed by atoms with Crippen molar-refractivity contribution in [3.63, 3.8) is 0 Å². The van der Waals surface area contributed by atoms with Crippen molar-refractivity contribution in [3.05, 3.63) is 0 Å². The van der Waals surface area contributed by atoms with Gasteiger partial charge < -0.3 is 0 Å². The fraction of sp³-hybridized carbons (Fsp3) is 1.00. The van der Waals surface area contributed by atoms with Gasteiger partial charge in [-0.2, -0.15) is 0 Å². The third kappa shape index (κ3) is 3.67. The Balaban J connectivity index is 6.77. The second kappa shape index (κ2) is 5.57. The SMILES string of the molecule is CC(C)C(C(C(C)(C)C)C(C)(C)C)(C(C)(C)C)C(C)(C)C. The Bertz CT molecular complexity index is 302. The van der Waals surface area contributed by atoms with Crippen LogP contribution in [0.1, 0.15) is 96.9 Å². The van der Waals surface area contributed by atoms with Crippen LogP contribution in [0.2, 0.25) is 0 Å². The van der Waals surface area contributed by atoms with Crippen LogP contribution < -0.4 is 0 Å². The lowest BCUT2D eigenvalue weighted by Crippen LogP contribution is -2.61. The van der Waals surface area contributed by atoms with Crippen molar-refractivity contribution in [3.8, 4) is 0 Å². The standard InChI is InChI=1S/C21H44/c1-15(2)21(19(9,10)11,20(12,13)14)16(17(3,4)5)18(6,7)8/h15-16H,1-14H3. The summed E-state index contributed by atoms with van der Waals surface area (Å²) in [5.74, 6) is 1.28. The number of rotatable bonds is 2. The van der Waals surface area contributed by atoms with E-state index in [-0.39, 0.29) is 27.1 Å². The summed E-state index contributed by atoms with van der Waals surface area (Å²) in [5.41, 5.74) is 1.33. The zero-order valence-corrected chi connectivity index (χ0v) is 17.7. The molecule has 21 heavy (non-hydrogen) atoms. The summed E-state index contributed by atoms with van der Waals surface area (Å²) >= 11 is 0. The minimum Gasteiger partial charge on any atom is -0.0622 e. The second-order valence-corrected chi connectivity index (χ2v) is 11.7. The number of hydrogen-bond acceptors (Lipinski definition) is 0. The summed E-state index contributed by atoms with van der Waals surface area (Å²) in [6.07, 6.45) is 0. The molecule has 0 aliphatic rings. The molecule has 0 bridgehead atoms. The van der Waals surface area contributed by atoms with Gasteiger partial charge in [0.2, 0.25) is 0 Å². The van der Waals surface area contributed by atoms with E-state index >= 15 is 0 Å². The molecule has 0 aromatic carbocycles. The van der Waals surface area contributed by atoms with Crippen LogP contribution in [0.25, 0.3) is 0 Å². The molecule has 0 spiro atoms. The molecule has 0 aromatic rings. The lowest BCUT2D eigenvalue weighted by molar-refractivity contribution is -0.190. The quantitative estimate of drug-likeness (QED) is 0.497. The summed E-state index contributed by atoms with van der Waals surface area (Å²) < 4.78 is 0. The van der Waals surface area contributed by atoms with Gasteiger partial charge in [-0.15, -0.1) is 0 Å². The summed E-state index contributed by atoms with van der Waals surface area (Å²) in [4.78, 5) is 0. The minimum atomic E-state index is 0.255. The molecule has 0 unspecified atom stereocenters. The third-order valence-corrected chi connectivity index (χ3v) is 5.58. The predicted octanol–water partition coefficient (Wildman–Crippen LogP) is 7.43. The second-order valence-electron chi connectivity index (χ2n) is 11.7. The van der Waals surface area contributed by atoms with Crippen molar-refractivity contribution in [1.82, 2.24) is 0 Å². The fourth-order valence-electron chi connectivity index (χ4n) is 6.72.